The highest BCUT2D eigenvalue weighted by Crippen LogP contribution is 2.30. The number of hydrogen-bond acceptors (Lipinski definition) is 9. The number of amides is 1. The zero-order valence-corrected chi connectivity index (χ0v) is 15.5. The quantitative estimate of drug-likeness (QED) is 0.381. The summed E-state index contributed by atoms with van der Waals surface area (Å²) in [4.78, 5) is 34.0. The normalized spacial score (nSPS) is 13.6. The highest BCUT2D eigenvalue weighted by atomic mass is 16.6. The smallest absolute Gasteiger partial charge is 0.339 e. The van der Waals surface area contributed by atoms with Gasteiger partial charge in [0, 0.05) is 17.7 Å². The van der Waals surface area contributed by atoms with Crippen molar-refractivity contribution in [3.63, 3.8) is 0 Å². The van der Waals surface area contributed by atoms with E-state index in [1.54, 1.807) is 13.0 Å². The third-order valence-electron chi connectivity index (χ3n) is 4.25. The van der Waals surface area contributed by atoms with E-state index in [-0.39, 0.29) is 35.5 Å². The first-order chi connectivity index (χ1) is 14.4. The van der Waals surface area contributed by atoms with Crippen molar-refractivity contribution in [2.24, 2.45) is 0 Å². The van der Waals surface area contributed by atoms with Crippen LogP contribution in [0, 0.1) is 10.1 Å². The molecule has 1 atom stereocenters. The van der Waals surface area contributed by atoms with Crippen molar-refractivity contribution in [1.82, 2.24) is 10.2 Å². The van der Waals surface area contributed by atoms with E-state index in [1.165, 1.54) is 36.4 Å². The number of ether oxygens (including phenoxy) is 2. The highest BCUT2D eigenvalue weighted by Gasteiger charge is 2.22. The number of non-ortho nitro benzene ring substituents is 1. The summed E-state index contributed by atoms with van der Waals surface area (Å²) >= 11 is 0. The maximum Gasteiger partial charge on any atom is 0.339 e. The number of nitrogens with zero attached hydrogens (tertiary/aromatic N) is 3. The predicted molar refractivity (Wildman–Crippen MR) is 101 cm³/mol. The van der Waals surface area contributed by atoms with Gasteiger partial charge in [0.1, 0.15) is 5.75 Å². The standard InChI is InChI=1S/C19H14N4O7/c1-10(17-21-22-18(30-17)11-2-5-13(6-3-11)23(26)27)29-19(25)12-4-7-14-15(8-12)28-9-16(24)20-14/h2-8,10H,9H2,1H3,(H,20,24). The van der Waals surface area contributed by atoms with E-state index in [9.17, 15) is 19.7 Å². The minimum absolute atomic E-state index is 0.0608. The summed E-state index contributed by atoms with van der Waals surface area (Å²) in [5.74, 6) is -0.332. The summed E-state index contributed by atoms with van der Waals surface area (Å²) < 4.78 is 16.2. The second-order valence-electron chi connectivity index (χ2n) is 6.34. The molecule has 1 aromatic heterocycles. The van der Waals surface area contributed by atoms with Gasteiger partial charge in [-0.1, -0.05) is 0 Å². The van der Waals surface area contributed by atoms with Crippen molar-refractivity contribution in [3.05, 3.63) is 64.0 Å². The van der Waals surface area contributed by atoms with Gasteiger partial charge in [0.05, 0.1) is 16.2 Å². The molecule has 2 heterocycles. The molecule has 3 aromatic rings. The van der Waals surface area contributed by atoms with Gasteiger partial charge in [0.2, 0.25) is 5.89 Å². The second kappa shape index (κ2) is 7.62. The zero-order valence-electron chi connectivity index (χ0n) is 15.5. The maximum atomic E-state index is 12.4. The molecule has 0 fully saturated rings. The number of nitrogens with one attached hydrogen (secondary N) is 1. The summed E-state index contributed by atoms with van der Waals surface area (Å²) in [6, 6.07) is 10.1. The number of carbonyl (C=O) groups excluding carboxylic acids is 2. The minimum Gasteiger partial charge on any atom is -0.482 e. The Morgan fingerprint density at radius 2 is 2.00 bits per heavy atom. The Kier molecular flexibility index (Phi) is 4.84. The Bertz CT molecular complexity index is 1140. The van der Waals surface area contributed by atoms with Crippen LogP contribution in [0.25, 0.3) is 11.5 Å². The fraction of sp³-hybridized carbons (Fsp3) is 0.158. The molecule has 1 amide bonds. The molecule has 30 heavy (non-hydrogen) atoms. The molecule has 1 aliphatic rings. The second-order valence-corrected chi connectivity index (χ2v) is 6.34. The van der Waals surface area contributed by atoms with E-state index >= 15 is 0 Å². The molecule has 0 radical (unpaired) electrons. The van der Waals surface area contributed by atoms with Crippen LogP contribution < -0.4 is 10.1 Å². The number of carbonyl (C=O) groups is 2. The number of benzene rings is 2. The molecule has 11 heteroatoms. The largest absolute Gasteiger partial charge is 0.482 e. The number of fused-ring (bicyclic) bond motifs is 1. The lowest BCUT2D eigenvalue weighted by molar-refractivity contribution is -0.384. The van der Waals surface area contributed by atoms with Gasteiger partial charge in [0.25, 0.3) is 17.5 Å². The monoisotopic (exact) mass is 410 g/mol. The Labute approximate surface area is 168 Å². The van der Waals surface area contributed by atoms with Crippen LogP contribution in [0.4, 0.5) is 11.4 Å². The maximum absolute atomic E-state index is 12.4. The molecule has 0 saturated carbocycles. The van der Waals surface area contributed by atoms with E-state index in [2.05, 4.69) is 15.5 Å². The Morgan fingerprint density at radius 1 is 1.23 bits per heavy atom. The third-order valence-corrected chi connectivity index (χ3v) is 4.25. The van der Waals surface area contributed by atoms with Crippen LogP contribution in [-0.2, 0) is 9.53 Å². The van der Waals surface area contributed by atoms with Crippen LogP contribution in [0.5, 0.6) is 5.75 Å². The van der Waals surface area contributed by atoms with E-state index < -0.39 is 17.0 Å². The number of rotatable bonds is 5. The van der Waals surface area contributed by atoms with Crippen LogP contribution in [0.1, 0.15) is 29.3 Å². The van der Waals surface area contributed by atoms with Crippen LogP contribution in [0.3, 0.4) is 0 Å². The van der Waals surface area contributed by atoms with Gasteiger partial charge in [-0.3, -0.25) is 14.9 Å². The summed E-state index contributed by atoms with van der Waals surface area (Å²) in [6.07, 6.45) is -0.839. The van der Waals surface area contributed by atoms with Crippen molar-refractivity contribution in [2.45, 2.75) is 13.0 Å². The first kappa shape index (κ1) is 19.1. The van der Waals surface area contributed by atoms with Crippen LogP contribution in [0.2, 0.25) is 0 Å². The van der Waals surface area contributed by atoms with Gasteiger partial charge in [-0.05, 0) is 37.3 Å². The summed E-state index contributed by atoms with van der Waals surface area (Å²) in [6.45, 7) is 1.44. The van der Waals surface area contributed by atoms with Crippen molar-refractivity contribution in [3.8, 4) is 17.2 Å². The summed E-state index contributed by atoms with van der Waals surface area (Å²) in [5.41, 5.74) is 1.13. The lowest BCUT2D eigenvalue weighted by atomic mass is 10.1. The van der Waals surface area contributed by atoms with Crippen molar-refractivity contribution < 1.29 is 28.4 Å². The van der Waals surface area contributed by atoms with Crippen LogP contribution in [-0.4, -0.2) is 33.6 Å². The van der Waals surface area contributed by atoms with E-state index in [0.717, 1.165) is 0 Å². The molecule has 1 aliphatic heterocycles. The first-order valence-electron chi connectivity index (χ1n) is 8.76. The Balaban J connectivity index is 1.45. The van der Waals surface area contributed by atoms with E-state index in [1.807, 2.05) is 0 Å². The molecule has 0 aliphatic carbocycles. The predicted octanol–water partition coefficient (Wildman–Crippen LogP) is 2.89. The van der Waals surface area contributed by atoms with Crippen LogP contribution in [0.15, 0.2) is 46.9 Å². The zero-order chi connectivity index (χ0) is 21.3. The van der Waals surface area contributed by atoms with Crippen molar-refractivity contribution in [1.29, 1.82) is 0 Å². The van der Waals surface area contributed by atoms with Gasteiger partial charge in [-0.15, -0.1) is 10.2 Å². The molecular weight excluding hydrogens is 396 g/mol. The lowest BCUT2D eigenvalue weighted by Crippen LogP contribution is -2.25. The fourth-order valence-corrected chi connectivity index (χ4v) is 2.72. The van der Waals surface area contributed by atoms with E-state index in [0.29, 0.717) is 17.0 Å². The number of aromatic nitrogens is 2. The number of esters is 1. The first-order valence-corrected chi connectivity index (χ1v) is 8.76. The molecule has 11 nitrogen and oxygen atoms in total. The molecule has 4 rings (SSSR count). The Morgan fingerprint density at radius 3 is 2.73 bits per heavy atom. The SMILES string of the molecule is CC(OC(=O)c1ccc2c(c1)OCC(=O)N2)c1nnc(-c2ccc([N+](=O)[O-])cc2)o1. The van der Waals surface area contributed by atoms with Gasteiger partial charge in [-0.25, -0.2) is 4.79 Å². The van der Waals surface area contributed by atoms with Gasteiger partial charge in [0.15, 0.2) is 12.7 Å². The number of nitro groups is 1. The van der Waals surface area contributed by atoms with Gasteiger partial charge < -0.3 is 19.2 Å². The van der Waals surface area contributed by atoms with Gasteiger partial charge in [-0.2, -0.15) is 0 Å². The molecule has 152 valence electrons. The molecule has 0 saturated heterocycles. The molecule has 1 N–H and O–H groups in total. The number of hydrogen-bond donors (Lipinski definition) is 1. The molecule has 0 bridgehead atoms. The number of nitro benzene ring substituents is 1. The Hall–Kier alpha value is -4.28. The minimum atomic E-state index is -0.839. The third kappa shape index (κ3) is 3.81. The molecule has 1 unspecified atom stereocenters. The average molecular weight is 410 g/mol. The molecular formula is C19H14N4O7. The van der Waals surface area contributed by atoms with Crippen molar-refractivity contribution >= 4 is 23.3 Å². The fourth-order valence-electron chi connectivity index (χ4n) is 2.72. The average Bonchev–Trinajstić information content (AvgIpc) is 3.24. The lowest BCUT2D eigenvalue weighted by Gasteiger charge is -2.18. The summed E-state index contributed by atoms with van der Waals surface area (Å²) in [5, 5.41) is 21.1. The highest BCUT2D eigenvalue weighted by molar-refractivity contribution is 5.97. The van der Waals surface area contributed by atoms with Crippen molar-refractivity contribution in [2.75, 3.05) is 11.9 Å². The molecule has 2 aromatic carbocycles. The van der Waals surface area contributed by atoms with E-state index in [4.69, 9.17) is 13.9 Å². The molecule has 0 spiro atoms. The topological polar surface area (TPSA) is 147 Å². The van der Waals surface area contributed by atoms with Crippen LogP contribution >= 0.6 is 0 Å². The number of anilines is 1. The van der Waals surface area contributed by atoms with Gasteiger partial charge >= 0.3 is 5.97 Å². The summed E-state index contributed by atoms with van der Waals surface area (Å²) in [7, 11) is 0.